The average molecular weight is 295 g/mol. The first-order valence-corrected chi connectivity index (χ1v) is 6.46. The maximum atomic E-state index is 13.9. The van der Waals surface area contributed by atoms with Gasteiger partial charge in [0.05, 0.1) is 6.04 Å². The lowest BCUT2D eigenvalue weighted by molar-refractivity contribution is 0.235. The molecule has 2 aromatic rings. The van der Waals surface area contributed by atoms with Crippen LogP contribution in [0.1, 0.15) is 17.2 Å². The minimum absolute atomic E-state index is 0.0490. The van der Waals surface area contributed by atoms with Crippen LogP contribution in [0.15, 0.2) is 36.7 Å². The summed E-state index contributed by atoms with van der Waals surface area (Å²) in [6, 6.07) is 4.52. The van der Waals surface area contributed by atoms with Crippen molar-refractivity contribution in [2.75, 3.05) is 13.6 Å². The summed E-state index contributed by atoms with van der Waals surface area (Å²) < 4.78 is 40.2. The fourth-order valence-electron chi connectivity index (χ4n) is 2.22. The number of benzene rings is 1. The van der Waals surface area contributed by atoms with Crippen molar-refractivity contribution in [3.05, 3.63) is 65.2 Å². The van der Waals surface area contributed by atoms with Crippen molar-refractivity contribution in [3.8, 4) is 0 Å². The van der Waals surface area contributed by atoms with E-state index in [1.54, 1.807) is 24.3 Å². The Morgan fingerprint density at radius 1 is 1.10 bits per heavy atom. The van der Waals surface area contributed by atoms with Gasteiger partial charge in [0.15, 0.2) is 11.6 Å². The topological polar surface area (TPSA) is 42.2 Å². The van der Waals surface area contributed by atoms with Gasteiger partial charge >= 0.3 is 0 Å². The minimum atomic E-state index is -1.20. The Hall–Kier alpha value is -1.92. The molecular weight excluding hydrogens is 279 g/mol. The van der Waals surface area contributed by atoms with Crippen LogP contribution >= 0.6 is 0 Å². The molecule has 1 heterocycles. The molecule has 21 heavy (non-hydrogen) atoms. The lowest BCUT2D eigenvalue weighted by Gasteiger charge is -2.27. The van der Waals surface area contributed by atoms with E-state index in [0.717, 1.165) is 11.6 Å². The Kier molecular flexibility index (Phi) is 4.93. The number of rotatable bonds is 5. The Labute approximate surface area is 121 Å². The maximum absolute atomic E-state index is 13.9. The summed E-state index contributed by atoms with van der Waals surface area (Å²) in [6.45, 7) is 0.576. The van der Waals surface area contributed by atoms with E-state index >= 15 is 0 Å². The number of pyridine rings is 1. The Morgan fingerprint density at radius 3 is 2.33 bits per heavy atom. The number of aromatic nitrogens is 1. The van der Waals surface area contributed by atoms with Crippen molar-refractivity contribution in [1.29, 1.82) is 0 Å². The van der Waals surface area contributed by atoms with Gasteiger partial charge in [-0.05, 0) is 30.8 Å². The fraction of sp³-hybridized carbons (Fsp3) is 0.267. The second-order valence-electron chi connectivity index (χ2n) is 4.81. The van der Waals surface area contributed by atoms with Crippen molar-refractivity contribution in [2.24, 2.45) is 5.73 Å². The number of nitrogens with zero attached hydrogens (tertiary/aromatic N) is 2. The molecule has 0 amide bonds. The van der Waals surface area contributed by atoms with Gasteiger partial charge in [-0.2, -0.15) is 0 Å². The first-order chi connectivity index (χ1) is 10.0. The minimum Gasteiger partial charge on any atom is -0.329 e. The van der Waals surface area contributed by atoms with Crippen molar-refractivity contribution in [1.82, 2.24) is 9.88 Å². The van der Waals surface area contributed by atoms with Crippen LogP contribution in [0.4, 0.5) is 13.2 Å². The summed E-state index contributed by atoms with van der Waals surface area (Å²) in [7, 11) is 1.75. The van der Waals surface area contributed by atoms with Crippen LogP contribution in [0.3, 0.4) is 0 Å². The van der Waals surface area contributed by atoms with Gasteiger partial charge in [0.1, 0.15) is 5.82 Å². The van der Waals surface area contributed by atoms with Crippen molar-refractivity contribution in [3.63, 3.8) is 0 Å². The average Bonchev–Trinajstić information content (AvgIpc) is 2.46. The lowest BCUT2D eigenvalue weighted by atomic mass is 10.0. The molecule has 6 heteroatoms. The zero-order valence-corrected chi connectivity index (χ0v) is 11.6. The number of nitrogens with two attached hydrogens (primary N) is 1. The van der Waals surface area contributed by atoms with Crippen LogP contribution in [0.5, 0.6) is 0 Å². The summed E-state index contributed by atoms with van der Waals surface area (Å²) in [5.74, 6) is -3.09. The van der Waals surface area contributed by atoms with Gasteiger partial charge in [0.2, 0.25) is 0 Å². The largest absolute Gasteiger partial charge is 0.329 e. The second-order valence-corrected chi connectivity index (χ2v) is 4.81. The molecule has 2 rings (SSSR count). The molecule has 2 N–H and O–H groups in total. The number of hydrogen-bond acceptors (Lipinski definition) is 3. The molecule has 3 nitrogen and oxygen atoms in total. The van der Waals surface area contributed by atoms with Crippen molar-refractivity contribution >= 4 is 0 Å². The van der Waals surface area contributed by atoms with Crippen molar-refractivity contribution in [2.45, 2.75) is 12.6 Å². The zero-order valence-electron chi connectivity index (χ0n) is 11.6. The molecule has 0 spiro atoms. The molecule has 0 saturated carbocycles. The van der Waals surface area contributed by atoms with Crippen molar-refractivity contribution < 1.29 is 13.2 Å². The molecule has 0 radical (unpaired) electrons. The van der Waals surface area contributed by atoms with Gasteiger partial charge < -0.3 is 5.73 Å². The highest BCUT2D eigenvalue weighted by Crippen LogP contribution is 2.25. The zero-order chi connectivity index (χ0) is 15.4. The normalized spacial score (nSPS) is 12.7. The lowest BCUT2D eigenvalue weighted by Crippen LogP contribution is -2.31. The van der Waals surface area contributed by atoms with Gasteiger partial charge in [-0.3, -0.25) is 9.88 Å². The van der Waals surface area contributed by atoms with Gasteiger partial charge in [-0.15, -0.1) is 0 Å². The summed E-state index contributed by atoms with van der Waals surface area (Å²) >= 11 is 0. The number of hydrogen-bond donors (Lipinski definition) is 1. The molecule has 0 fully saturated rings. The smallest absolute Gasteiger partial charge is 0.161 e. The molecule has 0 bridgehead atoms. The van der Waals surface area contributed by atoms with Gasteiger partial charge in [0, 0.05) is 37.1 Å². The molecule has 0 aliphatic heterocycles. The molecule has 1 aromatic heterocycles. The molecule has 1 aromatic carbocycles. The number of halogens is 3. The summed E-state index contributed by atoms with van der Waals surface area (Å²) in [5, 5.41) is 0. The van der Waals surface area contributed by atoms with E-state index in [1.165, 1.54) is 0 Å². The molecule has 1 unspecified atom stereocenters. The van der Waals surface area contributed by atoms with E-state index in [0.29, 0.717) is 12.6 Å². The van der Waals surface area contributed by atoms with Crippen LogP contribution in [0.2, 0.25) is 0 Å². The van der Waals surface area contributed by atoms with Gasteiger partial charge in [0.25, 0.3) is 0 Å². The third kappa shape index (κ3) is 3.59. The molecule has 0 aliphatic carbocycles. The molecule has 112 valence electrons. The standard InChI is InChI=1S/C15H16F3N3/c1-21(9-10-2-4-20-5-3-10)15(8-19)11-6-13(17)14(18)7-12(11)16/h2-7,15H,8-9,19H2,1H3. The Balaban J connectivity index is 2.25. The quantitative estimate of drug-likeness (QED) is 0.862. The first kappa shape index (κ1) is 15.5. The van der Waals surface area contributed by atoms with E-state index in [9.17, 15) is 13.2 Å². The van der Waals surface area contributed by atoms with E-state index in [-0.39, 0.29) is 12.1 Å². The molecular formula is C15H16F3N3. The number of likely N-dealkylation sites (N-methyl/N-ethyl adjacent to an activating group) is 1. The van der Waals surface area contributed by atoms with Gasteiger partial charge in [-0.1, -0.05) is 0 Å². The predicted octanol–water partition coefficient (Wildman–Crippen LogP) is 2.63. The van der Waals surface area contributed by atoms with Crippen LogP contribution in [-0.2, 0) is 6.54 Å². The van der Waals surface area contributed by atoms with E-state index in [2.05, 4.69) is 4.98 Å². The highest BCUT2D eigenvalue weighted by molar-refractivity contribution is 5.24. The van der Waals surface area contributed by atoms with Crippen LogP contribution in [0.25, 0.3) is 0 Å². The monoisotopic (exact) mass is 295 g/mol. The third-order valence-electron chi connectivity index (χ3n) is 3.34. The van der Waals surface area contributed by atoms with Crippen LogP contribution in [0, 0.1) is 17.5 Å². The first-order valence-electron chi connectivity index (χ1n) is 6.46. The molecule has 1 atom stereocenters. The van der Waals surface area contributed by atoms with E-state index < -0.39 is 23.5 Å². The van der Waals surface area contributed by atoms with Gasteiger partial charge in [-0.25, -0.2) is 13.2 Å². The second kappa shape index (κ2) is 6.69. The maximum Gasteiger partial charge on any atom is 0.161 e. The third-order valence-corrected chi connectivity index (χ3v) is 3.34. The van der Waals surface area contributed by atoms with E-state index in [1.807, 2.05) is 12.1 Å². The van der Waals surface area contributed by atoms with E-state index in [4.69, 9.17) is 5.73 Å². The predicted molar refractivity (Wildman–Crippen MR) is 73.8 cm³/mol. The Morgan fingerprint density at radius 2 is 1.71 bits per heavy atom. The Bertz CT molecular complexity index is 605. The highest BCUT2D eigenvalue weighted by atomic mass is 19.2. The highest BCUT2D eigenvalue weighted by Gasteiger charge is 2.21. The molecule has 0 aliphatic rings. The SMILES string of the molecule is CN(Cc1ccncc1)C(CN)c1cc(F)c(F)cc1F. The van der Waals surface area contributed by atoms with Crippen LogP contribution < -0.4 is 5.73 Å². The summed E-state index contributed by atoms with van der Waals surface area (Å²) in [5.41, 5.74) is 6.70. The summed E-state index contributed by atoms with van der Waals surface area (Å²) in [6.07, 6.45) is 3.30. The van der Waals surface area contributed by atoms with Crippen LogP contribution in [-0.4, -0.2) is 23.5 Å². The summed E-state index contributed by atoms with van der Waals surface area (Å²) in [4.78, 5) is 5.70. The fourth-order valence-corrected chi connectivity index (χ4v) is 2.22. The molecule has 0 saturated heterocycles.